The van der Waals surface area contributed by atoms with Gasteiger partial charge in [0.25, 0.3) is 0 Å². The molecule has 0 aromatic heterocycles. The second-order valence-corrected chi connectivity index (χ2v) is 13.5. The number of nitrogens with zero attached hydrogens (tertiary/aromatic N) is 1. The van der Waals surface area contributed by atoms with Crippen molar-refractivity contribution in [3.8, 4) is 11.5 Å². The summed E-state index contributed by atoms with van der Waals surface area (Å²) in [5.74, 6) is 1.33. The number of fused-ring (bicyclic) bond motifs is 5. The van der Waals surface area contributed by atoms with Crippen molar-refractivity contribution in [3.63, 3.8) is 0 Å². The fourth-order valence-corrected chi connectivity index (χ4v) is 9.82. The molecule has 0 bridgehead atoms. The minimum atomic E-state index is -1.05. The largest absolute Gasteiger partial charge is 0.493 e. The predicted molar refractivity (Wildman–Crippen MR) is 154 cm³/mol. The van der Waals surface area contributed by atoms with E-state index in [0.717, 1.165) is 43.2 Å². The molecular formula is C33H45NO7. The van der Waals surface area contributed by atoms with Crippen LogP contribution in [0.5, 0.6) is 11.5 Å². The Morgan fingerprint density at radius 1 is 1.02 bits per heavy atom. The molecule has 0 spiro atoms. The molecule has 0 radical (unpaired) electrons. The fourth-order valence-electron chi connectivity index (χ4n) is 9.82. The van der Waals surface area contributed by atoms with Gasteiger partial charge in [0.1, 0.15) is 6.61 Å². The van der Waals surface area contributed by atoms with Gasteiger partial charge in [-0.1, -0.05) is 13.0 Å². The van der Waals surface area contributed by atoms with Gasteiger partial charge in [-0.05, 0) is 98.8 Å². The van der Waals surface area contributed by atoms with Crippen molar-refractivity contribution in [1.82, 2.24) is 0 Å². The Hall–Kier alpha value is -2.42. The number of aliphatic hydroxyl groups is 3. The van der Waals surface area contributed by atoms with E-state index in [1.807, 2.05) is 24.4 Å². The van der Waals surface area contributed by atoms with Crippen LogP contribution in [0.4, 0.5) is 0 Å². The number of benzene rings is 1. The molecule has 6 rings (SSSR count). The smallest absolute Gasteiger partial charge is 0.331 e. The minimum Gasteiger partial charge on any atom is -0.493 e. The number of ether oxygens (including phenoxy) is 3. The topological polar surface area (TPSA) is 118 Å². The summed E-state index contributed by atoms with van der Waals surface area (Å²) in [4.78, 5) is 16.8. The highest BCUT2D eigenvalue weighted by Gasteiger charge is 2.71. The van der Waals surface area contributed by atoms with E-state index in [0.29, 0.717) is 56.8 Å². The Morgan fingerprint density at radius 3 is 2.54 bits per heavy atom. The van der Waals surface area contributed by atoms with E-state index in [1.165, 1.54) is 0 Å². The summed E-state index contributed by atoms with van der Waals surface area (Å²) in [6.07, 6.45) is 10.00. The van der Waals surface area contributed by atoms with E-state index in [1.54, 1.807) is 20.3 Å². The lowest BCUT2D eigenvalue weighted by Gasteiger charge is -2.65. The maximum absolute atomic E-state index is 12.6. The summed E-state index contributed by atoms with van der Waals surface area (Å²) in [6.45, 7) is 3.11. The Morgan fingerprint density at radius 2 is 1.80 bits per heavy atom. The van der Waals surface area contributed by atoms with E-state index in [9.17, 15) is 20.1 Å². The first-order chi connectivity index (χ1) is 19.6. The molecule has 224 valence electrons. The van der Waals surface area contributed by atoms with Gasteiger partial charge < -0.3 is 29.5 Å². The molecule has 1 aromatic rings. The number of hydrogen-bond donors (Lipinski definition) is 3. The molecule has 5 aliphatic rings. The summed E-state index contributed by atoms with van der Waals surface area (Å²) in [6, 6.07) is 5.90. The standard InChI is InChI=1S/C33H45NO7/c1-30-11-7-25-26(33(30,38)14-9-24(30)22-17-29(36)41-19-22)8-13-32(37)18-23(35)6-12-31(25,32)20-34-15-10-21-4-5-27(39-2)28(16-21)40-3/h4-5,16-17,20,23-26,35,37-38H,6-15,18-19H2,1-3H3/t23-,24-,25+,26-,30-,31+,32-,33-/m1/s1. The first kappa shape index (κ1) is 28.7. The van der Waals surface area contributed by atoms with Crippen LogP contribution in [0.1, 0.15) is 70.3 Å². The molecular weight excluding hydrogens is 522 g/mol. The average molecular weight is 568 g/mol. The van der Waals surface area contributed by atoms with Crippen LogP contribution < -0.4 is 9.47 Å². The van der Waals surface area contributed by atoms with Crippen LogP contribution in [0.2, 0.25) is 0 Å². The Balaban J connectivity index is 1.27. The molecule has 8 nitrogen and oxygen atoms in total. The first-order valence-corrected chi connectivity index (χ1v) is 15.3. The predicted octanol–water partition coefficient (Wildman–Crippen LogP) is 4.03. The zero-order valence-corrected chi connectivity index (χ0v) is 24.6. The van der Waals surface area contributed by atoms with Gasteiger partial charge >= 0.3 is 5.97 Å². The van der Waals surface area contributed by atoms with E-state index >= 15 is 0 Å². The zero-order valence-electron chi connectivity index (χ0n) is 24.6. The molecule has 8 heteroatoms. The van der Waals surface area contributed by atoms with E-state index in [-0.39, 0.29) is 29.1 Å². The Bertz CT molecular complexity index is 1250. The van der Waals surface area contributed by atoms with Crippen molar-refractivity contribution in [1.29, 1.82) is 0 Å². The SMILES string of the molecule is COc1ccc(CCN=C[C@]23CC[C@@H](O)C[C@]2(O)CC[C@@H]2[C@@H]3CC[C@]3(C)[C@@H](C4=CC(=O)OC4)CC[C@@]23O)cc1OC. The molecule has 0 unspecified atom stereocenters. The third-order valence-electron chi connectivity index (χ3n) is 11.9. The van der Waals surface area contributed by atoms with E-state index < -0.39 is 22.7 Å². The van der Waals surface area contributed by atoms with Crippen molar-refractivity contribution in [2.45, 2.75) is 88.4 Å². The van der Waals surface area contributed by atoms with Crippen LogP contribution in [0.25, 0.3) is 0 Å². The molecule has 1 aliphatic heterocycles. The number of methoxy groups -OCH3 is 2. The normalized spacial score (nSPS) is 41.8. The highest BCUT2D eigenvalue weighted by Crippen LogP contribution is 2.70. The summed E-state index contributed by atoms with van der Waals surface area (Å²) in [7, 11) is 3.25. The second kappa shape index (κ2) is 10.4. The van der Waals surface area contributed by atoms with Crippen molar-refractivity contribution >= 4 is 12.2 Å². The maximum atomic E-state index is 12.6. The lowest BCUT2D eigenvalue weighted by molar-refractivity contribution is -0.237. The molecule has 0 saturated heterocycles. The number of carbonyl (C=O) groups excluding carboxylic acids is 1. The lowest BCUT2D eigenvalue weighted by Crippen LogP contribution is -2.68. The first-order valence-electron chi connectivity index (χ1n) is 15.3. The number of hydrogen-bond acceptors (Lipinski definition) is 8. The third kappa shape index (κ3) is 4.35. The van der Waals surface area contributed by atoms with Crippen LogP contribution in [-0.2, 0) is 16.0 Å². The molecule has 1 heterocycles. The van der Waals surface area contributed by atoms with Gasteiger partial charge in [0.15, 0.2) is 11.5 Å². The number of aliphatic hydroxyl groups excluding tert-OH is 1. The number of cyclic esters (lactones) is 1. The van der Waals surface area contributed by atoms with Crippen LogP contribution >= 0.6 is 0 Å². The Kier molecular flexibility index (Phi) is 7.27. The van der Waals surface area contributed by atoms with Gasteiger partial charge in [0, 0.05) is 36.1 Å². The zero-order chi connectivity index (χ0) is 29.0. The summed E-state index contributed by atoms with van der Waals surface area (Å²) in [5.41, 5.74) is -0.750. The number of aliphatic imine (C=N–C) groups is 1. The van der Waals surface area contributed by atoms with Gasteiger partial charge in [0.05, 0.1) is 31.5 Å². The molecule has 4 fully saturated rings. The van der Waals surface area contributed by atoms with Crippen molar-refractivity contribution in [2.24, 2.45) is 33.6 Å². The number of esters is 1. The van der Waals surface area contributed by atoms with Gasteiger partial charge in [0.2, 0.25) is 0 Å². The van der Waals surface area contributed by atoms with Crippen molar-refractivity contribution < 1.29 is 34.3 Å². The second-order valence-electron chi connectivity index (χ2n) is 13.5. The summed E-state index contributed by atoms with van der Waals surface area (Å²) in [5, 5.41) is 35.4. The van der Waals surface area contributed by atoms with Crippen molar-refractivity contribution in [3.05, 3.63) is 35.4 Å². The molecule has 8 atom stereocenters. The minimum absolute atomic E-state index is 0.0256. The monoisotopic (exact) mass is 567 g/mol. The van der Waals surface area contributed by atoms with Gasteiger partial charge in [-0.25, -0.2) is 4.79 Å². The molecule has 0 amide bonds. The van der Waals surface area contributed by atoms with Crippen LogP contribution in [0.3, 0.4) is 0 Å². The number of rotatable bonds is 7. The van der Waals surface area contributed by atoms with Gasteiger partial charge in [-0.15, -0.1) is 0 Å². The maximum Gasteiger partial charge on any atom is 0.331 e. The summed E-state index contributed by atoms with van der Waals surface area (Å²) < 4.78 is 16.1. The molecule has 3 N–H and O–H groups in total. The van der Waals surface area contributed by atoms with Gasteiger partial charge in [-0.3, -0.25) is 4.99 Å². The van der Waals surface area contributed by atoms with Gasteiger partial charge in [-0.2, -0.15) is 0 Å². The fraction of sp³-hybridized carbons (Fsp3) is 0.697. The third-order valence-corrected chi connectivity index (χ3v) is 11.9. The van der Waals surface area contributed by atoms with Crippen LogP contribution in [0.15, 0.2) is 34.8 Å². The van der Waals surface area contributed by atoms with Crippen LogP contribution in [0, 0.1) is 28.6 Å². The quantitative estimate of drug-likeness (QED) is 0.336. The van der Waals surface area contributed by atoms with Crippen molar-refractivity contribution in [2.75, 3.05) is 27.4 Å². The molecule has 4 aliphatic carbocycles. The average Bonchev–Trinajstić information content (AvgIpc) is 3.50. The highest BCUT2D eigenvalue weighted by molar-refractivity contribution is 5.85. The van der Waals surface area contributed by atoms with Crippen LogP contribution in [-0.4, -0.2) is 72.2 Å². The summed E-state index contributed by atoms with van der Waals surface area (Å²) >= 11 is 0. The number of carbonyl (C=O) groups is 1. The van der Waals surface area contributed by atoms with E-state index in [2.05, 4.69) is 6.92 Å². The molecule has 1 aromatic carbocycles. The lowest BCUT2D eigenvalue weighted by atomic mass is 9.41. The molecule has 4 saturated carbocycles. The van der Waals surface area contributed by atoms with E-state index in [4.69, 9.17) is 19.2 Å². The Labute approximate surface area is 242 Å². The molecule has 41 heavy (non-hydrogen) atoms. The highest BCUT2D eigenvalue weighted by atomic mass is 16.5.